The molecular weight excluding hydrogens is 446 g/mol. The Hall–Kier alpha value is -2.28. The van der Waals surface area contributed by atoms with E-state index in [0.29, 0.717) is 43.1 Å². The van der Waals surface area contributed by atoms with E-state index in [1.165, 1.54) is 5.57 Å². The fourth-order valence-corrected chi connectivity index (χ4v) is 6.97. The van der Waals surface area contributed by atoms with Crippen molar-refractivity contribution in [2.45, 2.75) is 92.3 Å². The van der Waals surface area contributed by atoms with Gasteiger partial charge in [0.1, 0.15) is 12.7 Å². The van der Waals surface area contributed by atoms with Crippen LogP contribution in [0.15, 0.2) is 23.8 Å². The number of ether oxygens (including phenoxy) is 2. The minimum atomic E-state index is -0.396. The van der Waals surface area contributed by atoms with E-state index >= 15 is 0 Å². The summed E-state index contributed by atoms with van der Waals surface area (Å²) in [5, 5.41) is 19.2. The van der Waals surface area contributed by atoms with Crippen LogP contribution in [0, 0.1) is 34.0 Å². The lowest BCUT2D eigenvalue weighted by atomic mass is 9.47. The highest BCUT2D eigenvalue weighted by molar-refractivity contribution is 6.03. The van der Waals surface area contributed by atoms with E-state index in [2.05, 4.69) is 24.7 Å². The van der Waals surface area contributed by atoms with E-state index in [0.717, 1.165) is 25.7 Å². The third-order valence-electron chi connectivity index (χ3n) is 8.60. The fourth-order valence-electron chi connectivity index (χ4n) is 6.97. The molecule has 0 bridgehead atoms. The first-order valence-electron chi connectivity index (χ1n) is 12.6. The molecule has 0 aromatic carbocycles. The highest BCUT2D eigenvalue weighted by atomic mass is 16.5. The number of esters is 2. The normalized spacial score (nSPS) is 36.7. The summed E-state index contributed by atoms with van der Waals surface area (Å²) in [7, 11) is 0. The topological polar surface area (TPSA) is 114 Å². The van der Waals surface area contributed by atoms with Crippen molar-refractivity contribution in [1.29, 1.82) is 5.41 Å². The average molecular weight is 490 g/mol. The van der Waals surface area contributed by atoms with Crippen LogP contribution in [0.4, 0.5) is 0 Å². The Bertz CT molecular complexity index is 879. The van der Waals surface area contributed by atoms with Crippen molar-refractivity contribution in [3.63, 3.8) is 0 Å². The summed E-state index contributed by atoms with van der Waals surface area (Å²) in [4.78, 5) is 31.6. The first-order valence-corrected chi connectivity index (χ1v) is 12.6. The minimum absolute atomic E-state index is 0. The Kier molecular flexibility index (Phi) is 9.63. The van der Waals surface area contributed by atoms with Crippen molar-refractivity contribution < 1.29 is 29.0 Å². The lowest BCUT2D eigenvalue weighted by Gasteiger charge is -2.58. The fraction of sp³-hybridized carbons (Fsp3) is 0.714. The Morgan fingerprint density at radius 2 is 1.86 bits per heavy atom. The maximum absolute atomic E-state index is 11.9. The van der Waals surface area contributed by atoms with Gasteiger partial charge in [-0.2, -0.15) is 0 Å². The maximum Gasteiger partial charge on any atom is 0.305 e. The quantitative estimate of drug-likeness (QED) is 0.423. The summed E-state index contributed by atoms with van der Waals surface area (Å²) in [5.74, 6) is 0.692. The van der Waals surface area contributed by atoms with Crippen LogP contribution in [0.5, 0.6) is 0 Å². The van der Waals surface area contributed by atoms with Crippen LogP contribution in [-0.4, -0.2) is 47.9 Å². The lowest BCUT2D eigenvalue weighted by molar-refractivity contribution is -0.167. The van der Waals surface area contributed by atoms with Gasteiger partial charge in [0.25, 0.3) is 0 Å². The summed E-state index contributed by atoms with van der Waals surface area (Å²) in [6.45, 7) is 7.87. The van der Waals surface area contributed by atoms with Crippen LogP contribution in [0.25, 0.3) is 0 Å². The average Bonchev–Trinajstić information content (AvgIpc) is 3.13. The molecular formula is C28H43NO6. The molecule has 0 radical (unpaired) electrons. The van der Waals surface area contributed by atoms with Crippen LogP contribution in [0.2, 0.25) is 0 Å². The number of carbonyl (C=O) groups is 3. The van der Waals surface area contributed by atoms with Gasteiger partial charge in [0.2, 0.25) is 0 Å². The van der Waals surface area contributed by atoms with Gasteiger partial charge in [-0.15, -0.1) is 0 Å². The Labute approximate surface area is 209 Å². The standard InChI is InChI=1S/C22H31NO3.C5H8O3.CH4/c1-4-19(25)26-18-8-7-16-15-6-5-13-11-14(23)9-10-21(13,2)20(15)17(24)12-22(16,18)3;1-2-5(7)8-4-3-6;/h9-11,15-18,20,23-24H,4-8,12H2,1-3H3;3H,2,4H2,1H3;1H4/t15-,16?,17-,18+,20?,21-,22-;;/m0../s1. The van der Waals surface area contributed by atoms with E-state index in [1.54, 1.807) is 6.92 Å². The van der Waals surface area contributed by atoms with E-state index in [4.69, 9.17) is 10.1 Å². The van der Waals surface area contributed by atoms with Crippen molar-refractivity contribution in [1.82, 2.24) is 0 Å². The van der Waals surface area contributed by atoms with Gasteiger partial charge in [-0.05, 0) is 56.1 Å². The highest BCUT2D eigenvalue weighted by Gasteiger charge is 2.62. The van der Waals surface area contributed by atoms with E-state index in [1.807, 2.05) is 19.1 Å². The van der Waals surface area contributed by atoms with Gasteiger partial charge in [-0.3, -0.25) is 14.4 Å². The summed E-state index contributed by atoms with van der Waals surface area (Å²) in [5.41, 5.74) is 1.61. The predicted octanol–water partition coefficient (Wildman–Crippen LogP) is 4.81. The molecule has 0 aromatic rings. The first-order chi connectivity index (χ1) is 16.1. The molecule has 196 valence electrons. The number of allylic oxidation sites excluding steroid dienone is 4. The number of nitrogens with one attached hydrogen (secondary N) is 1. The van der Waals surface area contributed by atoms with Crippen molar-refractivity contribution in [3.8, 4) is 0 Å². The Balaban J connectivity index is 0.000000418. The van der Waals surface area contributed by atoms with Crippen LogP contribution in [0.3, 0.4) is 0 Å². The molecule has 4 rings (SSSR count). The van der Waals surface area contributed by atoms with Gasteiger partial charge in [0.15, 0.2) is 6.29 Å². The maximum atomic E-state index is 11.9. The van der Waals surface area contributed by atoms with E-state index in [-0.39, 0.29) is 48.8 Å². The second-order valence-corrected chi connectivity index (χ2v) is 10.5. The SMILES string of the molecule is C.CCC(=O)OCC=O.CCC(=O)O[C@@H]1CCC2[C@@H]3CCC4=CC(=N)C=C[C@]4(C)C3[C@@H](O)C[C@@]21C. The number of hydrogen-bond acceptors (Lipinski definition) is 7. The molecule has 2 unspecified atom stereocenters. The highest BCUT2D eigenvalue weighted by Crippen LogP contribution is 2.64. The van der Waals surface area contributed by atoms with Crippen LogP contribution in [0.1, 0.15) is 80.1 Å². The van der Waals surface area contributed by atoms with Gasteiger partial charge in [-0.1, -0.05) is 46.8 Å². The molecule has 7 nitrogen and oxygen atoms in total. The van der Waals surface area contributed by atoms with Crippen LogP contribution in [-0.2, 0) is 23.9 Å². The van der Waals surface area contributed by atoms with Gasteiger partial charge in [0.05, 0.1) is 11.8 Å². The number of carbonyl (C=O) groups excluding carboxylic acids is 3. The lowest BCUT2D eigenvalue weighted by Crippen LogP contribution is -2.56. The van der Waals surface area contributed by atoms with Gasteiger partial charge >= 0.3 is 11.9 Å². The number of fused-ring (bicyclic) bond motifs is 5. The van der Waals surface area contributed by atoms with Crippen molar-refractivity contribution in [2.24, 2.45) is 28.6 Å². The molecule has 0 aliphatic heterocycles. The summed E-state index contributed by atoms with van der Waals surface area (Å²) < 4.78 is 10.1. The molecule has 3 fully saturated rings. The molecule has 7 atom stereocenters. The molecule has 0 heterocycles. The first kappa shape index (κ1) is 29.0. The molecule has 4 aliphatic rings. The van der Waals surface area contributed by atoms with Gasteiger partial charge in [0, 0.05) is 29.6 Å². The number of aliphatic hydroxyl groups is 1. The van der Waals surface area contributed by atoms with Crippen LogP contribution >= 0.6 is 0 Å². The van der Waals surface area contributed by atoms with Crippen molar-refractivity contribution >= 4 is 23.9 Å². The number of aldehydes is 1. The second-order valence-electron chi connectivity index (χ2n) is 10.5. The summed E-state index contributed by atoms with van der Waals surface area (Å²) in [6, 6.07) is 0. The smallest absolute Gasteiger partial charge is 0.305 e. The third-order valence-corrected chi connectivity index (χ3v) is 8.60. The zero-order chi connectivity index (χ0) is 25.1. The molecule has 2 N–H and O–H groups in total. The van der Waals surface area contributed by atoms with E-state index < -0.39 is 6.10 Å². The predicted molar refractivity (Wildman–Crippen MR) is 135 cm³/mol. The van der Waals surface area contributed by atoms with Crippen molar-refractivity contribution in [2.75, 3.05) is 6.61 Å². The zero-order valence-corrected chi connectivity index (χ0v) is 20.8. The van der Waals surface area contributed by atoms with Gasteiger partial charge < -0.3 is 20.0 Å². The molecule has 3 saturated carbocycles. The number of rotatable bonds is 5. The molecule has 0 saturated heterocycles. The molecule has 0 spiro atoms. The van der Waals surface area contributed by atoms with E-state index in [9.17, 15) is 19.5 Å². The largest absolute Gasteiger partial charge is 0.462 e. The molecule has 35 heavy (non-hydrogen) atoms. The monoisotopic (exact) mass is 489 g/mol. The molecule has 0 amide bonds. The second kappa shape index (κ2) is 11.6. The molecule has 4 aliphatic carbocycles. The molecule has 7 heteroatoms. The number of aliphatic hydroxyl groups excluding tert-OH is 1. The molecule has 0 aromatic heterocycles. The number of hydrogen-bond donors (Lipinski definition) is 2. The van der Waals surface area contributed by atoms with Crippen LogP contribution < -0.4 is 0 Å². The van der Waals surface area contributed by atoms with Gasteiger partial charge in [-0.25, -0.2) is 0 Å². The third kappa shape index (κ3) is 5.60. The Morgan fingerprint density at radius 1 is 1.17 bits per heavy atom. The van der Waals surface area contributed by atoms with Crippen molar-refractivity contribution in [3.05, 3.63) is 23.8 Å². The summed E-state index contributed by atoms with van der Waals surface area (Å²) in [6.07, 6.45) is 11.7. The Morgan fingerprint density at radius 3 is 2.49 bits per heavy atom. The zero-order valence-electron chi connectivity index (χ0n) is 20.8. The summed E-state index contributed by atoms with van der Waals surface area (Å²) >= 11 is 0. The minimum Gasteiger partial charge on any atom is -0.462 e.